The first-order valence-electron chi connectivity index (χ1n) is 14.0. The molecule has 222 valence electrons. The molecule has 0 atom stereocenters. The van der Waals surface area contributed by atoms with Crippen LogP contribution in [0.5, 0.6) is 0 Å². The molecule has 0 unspecified atom stereocenters. The summed E-state index contributed by atoms with van der Waals surface area (Å²) in [6.45, 7) is 1.46. The molecule has 0 aromatic heterocycles. The summed E-state index contributed by atoms with van der Waals surface area (Å²) in [5, 5.41) is 2.75. The minimum absolute atomic E-state index is 0.0660. The number of carbonyl (C=O) groups excluding carboxylic acids is 2. The molecule has 0 bridgehead atoms. The van der Waals surface area contributed by atoms with E-state index in [9.17, 15) is 22.4 Å². The third-order valence-electron chi connectivity index (χ3n) is 8.08. The van der Waals surface area contributed by atoms with E-state index in [0.717, 1.165) is 19.3 Å². The second kappa shape index (κ2) is 13.1. The summed E-state index contributed by atoms with van der Waals surface area (Å²) in [6.07, 6.45) is 3.28. The Morgan fingerprint density at radius 3 is 2.21 bits per heavy atom. The lowest BCUT2D eigenvalue weighted by atomic mass is 9.91. The molecule has 42 heavy (non-hydrogen) atoms. The average molecular weight is 633 g/mol. The van der Waals surface area contributed by atoms with Crippen LogP contribution in [0.3, 0.4) is 0 Å². The van der Waals surface area contributed by atoms with Gasteiger partial charge in [0.05, 0.1) is 10.0 Å². The van der Waals surface area contributed by atoms with E-state index in [1.165, 1.54) is 46.3 Å². The summed E-state index contributed by atoms with van der Waals surface area (Å²) in [7, 11) is -3.89. The summed E-state index contributed by atoms with van der Waals surface area (Å²) < 4.78 is 42.0. The molecule has 2 heterocycles. The first kappa shape index (κ1) is 30.5. The van der Waals surface area contributed by atoms with Crippen molar-refractivity contribution in [3.63, 3.8) is 0 Å². The molecule has 7 nitrogen and oxygen atoms in total. The van der Waals surface area contributed by atoms with Gasteiger partial charge in [-0.15, -0.1) is 0 Å². The van der Waals surface area contributed by atoms with Crippen LogP contribution < -0.4 is 5.32 Å². The molecule has 5 rings (SSSR count). The molecule has 2 aliphatic rings. The zero-order valence-corrected chi connectivity index (χ0v) is 25.3. The molecular weight excluding hydrogens is 600 g/mol. The molecule has 0 radical (unpaired) electrons. The van der Waals surface area contributed by atoms with Gasteiger partial charge >= 0.3 is 0 Å². The zero-order chi connectivity index (χ0) is 29.9. The Morgan fingerprint density at radius 1 is 0.857 bits per heavy atom. The van der Waals surface area contributed by atoms with Crippen molar-refractivity contribution in [1.82, 2.24) is 9.21 Å². The predicted octanol–water partition coefficient (Wildman–Crippen LogP) is 6.27. The van der Waals surface area contributed by atoms with E-state index in [-0.39, 0.29) is 38.2 Å². The van der Waals surface area contributed by atoms with Crippen molar-refractivity contribution in [2.24, 2.45) is 11.8 Å². The number of hydrogen-bond acceptors (Lipinski definition) is 4. The van der Waals surface area contributed by atoms with Gasteiger partial charge in [0.25, 0.3) is 5.91 Å². The van der Waals surface area contributed by atoms with Crippen LogP contribution in [0.15, 0.2) is 71.6 Å². The van der Waals surface area contributed by atoms with E-state index in [4.69, 9.17) is 23.2 Å². The number of piperidine rings is 2. The third kappa shape index (κ3) is 6.97. The second-order valence-corrected chi connectivity index (χ2v) is 13.6. The molecular formula is C31H32Cl2FN3O4S. The molecule has 2 amide bonds. The average Bonchev–Trinajstić information content (AvgIpc) is 2.99. The molecule has 2 saturated heterocycles. The predicted molar refractivity (Wildman–Crippen MR) is 162 cm³/mol. The highest BCUT2D eigenvalue weighted by molar-refractivity contribution is 7.89. The van der Waals surface area contributed by atoms with E-state index in [2.05, 4.69) is 17.4 Å². The van der Waals surface area contributed by atoms with Gasteiger partial charge in [0.1, 0.15) is 10.7 Å². The van der Waals surface area contributed by atoms with Crippen LogP contribution in [0.4, 0.5) is 10.1 Å². The molecule has 0 spiro atoms. The number of anilines is 1. The van der Waals surface area contributed by atoms with E-state index in [0.29, 0.717) is 50.6 Å². The number of nitrogens with one attached hydrogen (secondary N) is 1. The smallest absolute Gasteiger partial charge is 0.253 e. The molecule has 2 aliphatic heterocycles. The standard InChI is InChI=1S/C31H32Cl2FN3O4S/c32-26-8-6-24(19-29(26)42(40,41)37-16-10-22(11-17-37)18-21-4-2-1-3-5-21)31(39)36-14-12-23(13-15-36)30(38)35-25-7-9-28(34)27(33)20-25/h1-9,19-20,22-23H,10-18H2,(H,35,38). The number of likely N-dealkylation sites (tertiary alicyclic amines) is 1. The number of carbonyl (C=O) groups is 2. The van der Waals surface area contributed by atoms with Crippen LogP contribution in [0.1, 0.15) is 41.6 Å². The highest BCUT2D eigenvalue weighted by Gasteiger charge is 2.33. The number of halogens is 3. The minimum Gasteiger partial charge on any atom is -0.339 e. The maximum atomic E-state index is 13.6. The molecule has 11 heteroatoms. The van der Waals surface area contributed by atoms with Crippen molar-refractivity contribution in [2.75, 3.05) is 31.5 Å². The summed E-state index contributed by atoms with van der Waals surface area (Å²) in [5.74, 6) is -1.03. The third-order valence-corrected chi connectivity index (χ3v) is 10.7. The van der Waals surface area contributed by atoms with E-state index < -0.39 is 15.8 Å². The number of sulfonamides is 1. The first-order chi connectivity index (χ1) is 20.1. The summed E-state index contributed by atoms with van der Waals surface area (Å²) in [4.78, 5) is 27.6. The zero-order valence-electron chi connectivity index (χ0n) is 22.9. The van der Waals surface area contributed by atoms with Crippen molar-refractivity contribution in [1.29, 1.82) is 0 Å². The summed E-state index contributed by atoms with van der Waals surface area (Å²) >= 11 is 12.2. The van der Waals surface area contributed by atoms with Gasteiger partial charge in [0.15, 0.2) is 0 Å². The van der Waals surface area contributed by atoms with Crippen LogP contribution in [0, 0.1) is 17.7 Å². The van der Waals surface area contributed by atoms with Crippen molar-refractivity contribution in [3.05, 3.63) is 93.7 Å². The Balaban J connectivity index is 1.19. The van der Waals surface area contributed by atoms with E-state index in [1.807, 2.05) is 18.2 Å². The fraction of sp³-hybridized carbons (Fsp3) is 0.355. The van der Waals surface area contributed by atoms with Crippen LogP contribution in [-0.2, 0) is 21.2 Å². The number of benzene rings is 3. The topological polar surface area (TPSA) is 86.8 Å². The normalized spacial score (nSPS) is 17.3. The van der Waals surface area contributed by atoms with Crippen molar-refractivity contribution >= 4 is 50.7 Å². The fourth-order valence-corrected chi connectivity index (χ4v) is 7.77. The Hall–Kier alpha value is -2.98. The Labute approximate surface area is 255 Å². The Kier molecular flexibility index (Phi) is 9.52. The van der Waals surface area contributed by atoms with E-state index in [1.54, 1.807) is 4.90 Å². The second-order valence-electron chi connectivity index (χ2n) is 10.9. The molecule has 0 aliphatic carbocycles. The molecule has 3 aromatic carbocycles. The maximum Gasteiger partial charge on any atom is 0.253 e. The summed E-state index contributed by atoms with van der Waals surface area (Å²) in [5.41, 5.74) is 1.89. The van der Waals surface area contributed by atoms with Gasteiger partial charge in [-0.2, -0.15) is 4.31 Å². The van der Waals surface area contributed by atoms with Crippen LogP contribution in [0.25, 0.3) is 0 Å². The van der Waals surface area contributed by atoms with Gasteiger partial charge < -0.3 is 10.2 Å². The van der Waals surface area contributed by atoms with Gasteiger partial charge in [-0.1, -0.05) is 53.5 Å². The van der Waals surface area contributed by atoms with Gasteiger partial charge in [-0.3, -0.25) is 9.59 Å². The number of nitrogens with zero attached hydrogens (tertiary/aromatic N) is 2. The van der Waals surface area contributed by atoms with E-state index >= 15 is 0 Å². The Morgan fingerprint density at radius 2 is 1.55 bits per heavy atom. The largest absolute Gasteiger partial charge is 0.339 e. The molecule has 2 fully saturated rings. The first-order valence-corrected chi connectivity index (χ1v) is 16.2. The van der Waals surface area contributed by atoms with Crippen LogP contribution >= 0.6 is 23.2 Å². The lowest BCUT2D eigenvalue weighted by Gasteiger charge is -2.32. The summed E-state index contributed by atoms with van der Waals surface area (Å²) in [6, 6.07) is 18.5. The van der Waals surface area contributed by atoms with Crippen LogP contribution in [0.2, 0.25) is 10.0 Å². The molecule has 3 aromatic rings. The lowest BCUT2D eigenvalue weighted by molar-refractivity contribution is -0.121. The highest BCUT2D eigenvalue weighted by Crippen LogP contribution is 2.31. The monoisotopic (exact) mass is 631 g/mol. The lowest BCUT2D eigenvalue weighted by Crippen LogP contribution is -2.41. The quantitative estimate of drug-likeness (QED) is 0.333. The van der Waals surface area contributed by atoms with Crippen molar-refractivity contribution in [2.45, 2.75) is 37.0 Å². The van der Waals surface area contributed by atoms with Gasteiger partial charge in [-0.05, 0) is 80.0 Å². The number of amides is 2. The molecule has 1 N–H and O–H groups in total. The van der Waals surface area contributed by atoms with Crippen molar-refractivity contribution < 1.29 is 22.4 Å². The van der Waals surface area contributed by atoms with Gasteiger partial charge in [0.2, 0.25) is 15.9 Å². The molecule has 0 saturated carbocycles. The van der Waals surface area contributed by atoms with Crippen molar-refractivity contribution in [3.8, 4) is 0 Å². The fourth-order valence-electron chi connectivity index (χ4n) is 5.62. The Bertz CT molecular complexity index is 1560. The maximum absolute atomic E-state index is 13.6. The van der Waals surface area contributed by atoms with Gasteiger partial charge in [-0.25, -0.2) is 12.8 Å². The SMILES string of the molecule is O=C(Nc1ccc(F)c(Cl)c1)C1CCN(C(=O)c2ccc(Cl)c(S(=O)(=O)N3CCC(Cc4ccccc4)CC3)c2)CC1. The highest BCUT2D eigenvalue weighted by atomic mass is 35.5. The minimum atomic E-state index is -3.89. The van der Waals surface area contributed by atoms with Crippen LogP contribution in [-0.4, -0.2) is 55.6 Å². The number of hydrogen-bond donors (Lipinski definition) is 1. The number of rotatable bonds is 7. The van der Waals surface area contributed by atoms with Gasteiger partial charge in [0, 0.05) is 43.3 Å².